The first kappa shape index (κ1) is 13.6. The van der Waals surface area contributed by atoms with Crippen molar-refractivity contribution in [1.82, 2.24) is 4.98 Å². The molecule has 2 rings (SSSR count). The monoisotopic (exact) mass is 324 g/mol. The van der Waals surface area contributed by atoms with Crippen LogP contribution < -0.4 is 4.90 Å². The Balaban J connectivity index is 2.12. The van der Waals surface area contributed by atoms with Crippen molar-refractivity contribution in [3.63, 3.8) is 0 Å². The largest absolute Gasteiger partial charge is 0.356 e. The zero-order valence-electron chi connectivity index (χ0n) is 10.9. The summed E-state index contributed by atoms with van der Waals surface area (Å²) in [6.07, 6.45) is 2.92. The molecule has 2 aromatic rings. The summed E-state index contributed by atoms with van der Waals surface area (Å²) in [5.74, 6) is 1.06. The van der Waals surface area contributed by atoms with Crippen LogP contribution in [0.5, 0.6) is 0 Å². The number of hydrogen-bond acceptors (Lipinski definition) is 3. The second-order valence-corrected chi connectivity index (χ2v) is 6.49. The van der Waals surface area contributed by atoms with Gasteiger partial charge in [0.25, 0.3) is 0 Å². The van der Waals surface area contributed by atoms with E-state index in [2.05, 4.69) is 70.3 Å². The van der Waals surface area contributed by atoms with Gasteiger partial charge in [-0.1, -0.05) is 6.07 Å². The van der Waals surface area contributed by atoms with Crippen LogP contribution in [0.3, 0.4) is 0 Å². The number of hydrogen-bond donors (Lipinski definition) is 0. The highest BCUT2D eigenvalue weighted by atomic mass is 79.9. The Bertz CT molecular complexity index is 511. The molecule has 4 heteroatoms. The van der Waals surface area contributed by atoms with Crippen molar-refractivity contribution in [3.05, 3.63) is 44.7 Å². The number of aryl methyl sites for hydroxylation is 1. The molecule has 2 heterocycles. The van der Waals surface area contributed by atoms with Crippen LogP contribution in [0.4, 0.5) is 5.82 Å². The van der Waals surface area contributed by atoms with Crippen LogP contribution in [0, 0.1) is 6.92 Å². The van der Waals surface area contributed by atoms with Gasteiger partial charge in [0.05, 0.1) is 0 Å². The lowest BCUT2D eigenvalue weighted by Crippen LogP contribution is -2.31. The van der Waals surface area contributed by atoms with Crippen LogP contribution >= 0.6 is 27.3 Å². The number of halogens is 1. The lowest BCUT2D eigenvalue weighted by Gasteiger charge is -2.27. The number of rotatable bonds is 4. The average molecular weight is 325 g/mol. The van der Waals surface area contributed by atoms with Crippen LogP contribution in [-0.2, 0) is 6.42 Å². The smallest absolute Gasteiger partial charge is 0.131 e. The number of aromatic nitrogens is 1. The van der Waals surface area contributed by atoms with Gasteiger partial charge in [-0.05, 0) is 52.9 Å². The number of pyridine rings is 1. The molecule has 1 atom stereocenters. The minimum Gasteiger partial charge on any atom is -0.356 e. The van der Waals surface area contributed by atoms with Gasteiger partial charge in [-0.15, -0.1) is 11.3 Å². The first-order valence-corrected chi connectivity index (χ1v) is 7.62. The third kappa shape index (κ3) is 3.12. The second-order valence-electron chi connectivity index (χ2n) is 4.54. The van der Waals surface area contributed by atoms with Crippen molar-refractivity contribution >= 4 is 33.1 Å². The molecule has 0 radical (unpaired) electrons. The van der Waals surface area contributed by atoms with Gasteiger partial charge in [-0.25, -0.2) is 4.98 Å². The Morgan fingerprint density at radius 1 is 1.50 bits per heavy atom. The van der Waals surface area contributed by atoms with Gasteiger partial charge >= 0.3 is 0 Å². The molecular formula is C14H17BrN2S. The summed E-state index contributed by atoms with van der Waals surface area (Å²) in [6, 6.07) is 6.85. The zero-order valence-corrected chi connectivity index (χ0v) is 13.3. The van der Waals surface area contributed by atoms with E-state index in [-0.39, 0.29) is 0 Å². The van der Waals surface area contributed by atoms with E-state index in [1.54, 1.807) is 0 Å². The molecule has 0 aliphatic heterocycles. The maximum Gasteiger partial charge on any atom is 0.131 e. The fraction of sp³-hybridized carbons (Fsp3) is 0.357. The Morgan fingerprint density at radius 2 is 2.28 bits per heavy atom. The Labute approximate surface area is 121 Å². The van der Waals surface area contributed by atoms with Crippen LogP contribution in [0.1, 0.15) is 17.4 Å². The molecule has 18 heavy (non-hydrogen) atoms. The maximum absolute atomic E-state index is 4.51. The number of nitrogens with zero attached hydrogens (tertiary/aromatic N) is 2. The van der Waals surface area contributed by atoms with Gasteiger partial charge in [-0.2, -0.15) is 0 Å². The second kappa shape index (κ2) is 5.85. The van der Waals surface area contributed by atoms with E-state index in [1.165, 1.54) is 10.4 Å². The van der Waals surface area contributed by atoms with Gasteiger partial charge < -0.3 is 4.90 Å². The van der Waals surface area contributed by atoms with E-state index < -0.39 is 0 Å². The molecule has 0 amide bonds. The first-order chi connectivity index (χ1) is 8.58. The van der Waals surface area contributed by atoms with E-state index in [0.717, 1.165) is 16.7 Å². The fourth-order valence-corrected chi connectivity index (χ4v) is 3.24. The van der Waals surface area contributed by atoms with E-state index in [9.17, 15) is 0 Å². The summed E-state index contributed by atoms with van der Waals surface area (Å²) in [4.78, 5) is 8.18. The van der Waals surface area contributed by atoms with E-state index in [1.807, 2.05) is 17.5 Å². The molecule has 0 aliphatic rings. The van der Waals surface area contributed by atoms with Crippen molar-refractivity contribution in [1.29, 1.82) is 0 Å². The molecule has 2 aromatic heterocycles. The predicted molar refractivity (Wildman–Crippen MR) is 82.6 cm³/mol. The Kier molecular flexibility index (Phi) is 4.40. The summed E-state index contributed by atoms with van der Waals surface area (Å²) < 4.78 is 1.03. The number of thiophene rings is 1. The van der Waals surface area contributed by atoms with Crippen molar-refractivity contribution in [3.8, 4) is 0 Å². The molecule has 0 aliphatic carbocycles. The molecule has 0 saturated carbocycles. The molecule has 0 N–H and O–H groups in total. The van der Waals surface area contributed by atoms with E-state index in [0.29, 0.717) is 6.04 Å². The standard InChI is InChI=1S/C14H17BrN2S/c1-10-7-12(15)9-16-14(10)17(3)11(2)8-13-5-4-6-18-13/h4-7,9,11H,8H2,1-3H3. The third-order valence-corrected chi connectivity index (χ3v) is 4.42. The summed E-state index contributed by atoms with van der Waals surface area (Å²) >= 11 is 5.27. The zero-order chi connectivity index (χ0) is 13.1. The minimum absolute atomic E-state index is 0.441. The van der Waals surface area contributed by atoms with Gasteiger partial charge in [0, 0.05) is 35.1 Å². The van der Waals surface area contributed by atoms with Crippen molar-refractivity contribution in [2.24, 2.45) is 0 Å². The average Bonchev–Trinajstić information content (AvgIpc) is 2.81. The highest BCUT2D eigenvalue weighted by Gasteiger charge is 2.14. The third-order valence-electron chi connectivity index (χ3n) is 3.09. The quantitative estimate of drug-likeness (QED) is 0.834. The van der Waals surface area contributed by atoms with Gasteiger partial charge in [-0.3, -0.25) is 0 Å². The number of anilines is 1. The van der Waals surface area contributed by atoms with Crippen molar-refractivity contribution in [2.45, 2.75) is 26.3 Å². The van der Waals surface area contributed by atoms with Crippen LogP contribution in [0.25, 0.3) is 0 Å². The minimum atomic E-state index is 0.441. The molecule has 0 fully saturated rings. The molecule has 96 valence electrons. The lowest BCUT2D eigenvalue weighted by atomic mass is 10.1. The Morgan fingerprint density at radius 3 is 2.89 bits per heavy atom. The molecule has 0 bridgehead atoms. The van der Waals surface area contributed by atoms with Gasteiger partial charge in [0.2, 0.25) is 0 Å². The molecule has 0 aromatic carbocycles. The van der Waals surface area contributed by atoms with Gasteiger partial charge in [0.1, 0.15) is 5.82 Å². The highest BCUT2D eigenvalue weighted by Crippen LogP contribution is 2.23. The van der Waals surface area contributed by atoms with E-state index in [4.69, 9.17) is 0 Å². The van der Waals surface area contributed by atoms with Crippen molar-refractivity contribution in [2.75, 3.05) is 11.9 Å². The van der Waals surface area contributed by atoms with E-state index >= 15 is 0 Å². The molecular weight excluding hydrogens is 308 g/mol. The normalized spacial score (nSPS) is 12.4. The molecule has 2 nitrogen and oxygen atoms in total. The summed E-state index contributed by atoms with van der Waals surface area (Å²) in [5.41, 5.74) is 1.20. The lowest BCUT2D eigenvalue weighted by molar-refractivity contribution is 0.678. The topological polar surface area (TPSA) is 16.1 Å². The molecule has 1 unspecified atom stereocenters. The Hall–Kier alpha value is -0.870. The van der Waals surface area contributed by atoms with Crippen LogP contribution in [0.2, 0.25) is 0 Å². The highest BCUT2D eigenvalue weighted by molar-refractivity contribution is 9.10. The molecule has 0 spiro atoms. The van der Waals surface area contributed by atoms with Gasteiger partial charge in [0.15, 0.2) is 0 Å². The van der Waals surface area contributed by atoms with Crippen LogP contribution in [0.15, 0.2) is 34.2 Å². The van der Waals surface area contributed by atoms with Crippen molar-refractivity contribution < 1.29 is 0 Å². The summed E-state index contributed by atoms with van der Waals surface area (Å²) in [5, 5.41) is 2.13. The summed E-state index contributed by atoms with van der Waals surface area (Å²) in [7, 11) is 2.11. The maximum atomic E-state index is 4.51. The first-order valence-electron chi connectivity index (χ1n) is 5.95. The fourth-order valence-electron chi connectivity index (χ4n) is 1.97. The summed E-state index contributed by atoms with van der Waals surface area (Å²) in [6.45, 7) is 4.34. The van der Waals surface area contributed by atoms with Crippen LogP contribution in [-0.4, -0.2) is 18.1 Å². The SMILES string of the molecule is Cc1cc(Br)cnc1N(C)C(C)Cc1cccs1. The molecule has 0 saturated heterocycles. The predicted octanol–water partition coefficient (Wildman–Crippen LogP) is 4.28. The number of likely N-dealkylation sites (N-methyl/N-ethyl adjacent to an activating group) is 1.